The fourth-order valence-corrected chi connectivity index (χ4v) is 0.141. The molecule has 0 aromatic carbocycles. The minimum absolute atomic E-state index is 0. The van der Waals surface area contributed by atoms with Crippen molar-refractivity contribution in [3.63, 3.8) is 0 Å². The number of likely N-dealkylation sites (N-methyl/N-ethyl adjacent to an activating group) is 1. The van der Waals surface area contributed by atoms with Crippen LogP contribution in [0.15, 0.2) is 0 Å². The maximum atomic E-state index is 10.2. The summed E-state index contributed by atoms with van der Waals surface area (Å²) < 4.78 is 0. The first kappa shape index (κ1) is 3.12. The maximum Gasteiger partial charge on any atom is 0.128 e. The molecule has 0 aliphatic carbocycles. The highest BCUT2D eigenvalue weighted by Gasteiger charge is 2.25. The number of rotatable bonds is 0. The molecule has 0 aromatic rings. The molecule has 2 heteroatoms. The Balaban J connectivity index is 2.38. The van der Waals surface area contributed by atoms with Crippen molar-refractivity contribution < 1.29 is 4.65 Å². The molecule has 0 aromatic heterocycles. The van der Waals surface area contributed by atoms with Gasteiger partial charge in [0.2, 0.25) is 0 Å². The molecule has 1 saturated heterocycles. The molecule has 2 nitrogen and oxygen atoms in total. The Morgan fingerprint density at radius 2 is 1.80 bits per heavy atom. The van der Waals surface area contributed by atoms with Gasteiger partial charge < -0.3 is 9.85 Å². The van der Waals surface area contributed by atoms with Gasteiger partial charge in [0.25, 0.3) is 0 Å². The van der Waals surface area contributed by atoms with Crippen LogP contribution in [0.5, 0.6) is 0 Å². The zero-order chi connectivity index (χ0) is 3.91. The van der Waals surface area contributed by atoms with Crippen molar-refractivity contribution >= 4 is 0 Å². The second-order valence-corrected chi connectivity index (χ2v) is 1.74. The zero-order valence-corrected chi connectivity index (χ0v) is 3.27. The lowest BCUT2D eigenvalue weighted by Gasteiger charge is -2.11. The summed E-state index contributed by atoms with van der Waals surface area (Å²) >= 11 is 0. The monoisotopic (exact) mass is 73.1 g/mol. The summed E-state index contributed by atoms with van der Waals surface area (Å²) in [6, 6.07) is 0. The summed E-state index contributed by atoms with van der Waals surface area (Å²) in [5.74, 6) is 0. The van der Waals surface area contributed by atoms with Crippen molar-refractivity contribution in [3.05, 3.63) is 5.21 Å². The predicted molar refractivity (Wildman–Crippen MR) is 19.3 cm³/mol. The molecular formula is C3H7NO. The van der Waals surface area contributed by atoms with E-state index < -0.39 is 0 Å². The SMILES string of the molecule is C[N+]1([O-])CC1. The van der Waals surface area contributed by atoms with E-state index in [1.54, 1.807) is 7.05 Å². The van der Waals surface area contributed by atoms with E-state index in [9.17, 15) is 5.21 Å². The molecule has 1 rings (SSSR count). The van der Waals surface area contributed by atoms with Crippen molar-refractivity contribution in [2.45, 2.75) is 0 Å². The van der Waals surface area contributed by atoms with Crippen molar-refractivity contribution in [2.24, 2.45) is 0 Å². The van der Waals surface area contributed by atoms with Crippen LogP contribution in [0.4, 0.5) is 0 Å². The van der Waals surface area contributed by atoms with E-state index in [1.165, 1.54) is 0 Å². The fourth-order valence-electron chi connectivity index (χ4n) is 0.141. The molecule has 1 aliphatic rings. The average Bonchev–Trinajstić information content (AvgIpc) is 1.76. The summed E-state index contributed by atoms with van der Waals surface area (Å²) in [7, 11) is 1.68. The summed E-state index contributed by atoms with van der Waals surface area (Å²) in [6.45, 7) is 1.67. The lowest BCUT2D eigenvalue weighted by molar-refractivity contribution is -0.719. The third-order valence-electron chi connectivity index (χ3n) is 0.853. The Kier molecular flexibility index (Phi) is 0.333. The summed E-state index contributed by atoms with van der Waals surface area (Å²) in [5, 5.41) is 10.2. The Bertz CT molecular complexity index is 44.9. The summed E-state index contributed by atoms with van der Waals surface area (Å²) in [5.41, 5.74) is 0. The van der Waals surface area contributed by atoms with Gasteiger partial charge in [0.1, 0.15) is 13.1 Å². The topological polar surface area (TPSA) is 23.1 Å². The van der Waals surface area contributed by atoms with Gasteiger partial charge in [-0.15, -0.1) is 0 Å². The number of nitrogens with zero attached hydrogens (tertiary/aromatic N) is 1. The van der Waals surface area contributed by atoms with Gasteiger partial charge >= 0.3 is 0 Å². The minimum Gasteiger partial charge on any atom is -0.633 e. The van der Waals surface area contributed by atoms with Gasteiger partial charge in [-0.05, 0) is 0 Å². The molecule has 1 fully saturated rings. The number of hydroxylamine groups is 3. The quantitative estimate of drug-likeness (QED) is 0.224. The molecule has 0 atom stereocenters. The van der Waals surface area contributed by atoms with E-state index in [-0.39, 0.29) is 4.65 Å². The molecular weight excluding hydrogens is 66.0 g/mol. The fraction of sp³-hybridized carbons (Fsp3) is 1.00. The minimum atomic E-state index is 0. The van der Waals surface area contributed by atoms with Crippen LogP contribution in [0.25, 0.3) is 0 Å². The molecule has 0 unspecified atom stereocenters. The first-order valence-electron chi connectivity index (χ1n) is 1.76. The molecule has 1 heterocycles. The highest BCUT2D eigenvalue weighted by atomic mass is 16.6. The molecule has 30 valence electrons. The van der Waals surface area contributed by atoms with E-state index in [4.69, 9.17) is 0 Å². The molecule has 1 aliphatic heterocycles. The average molecular weight is 73.1 g/mol. The first-order valence-corrected chi connectivity index (χ1v) is 1.76. The number of hydrogen-bond donors (Lipinski definition) is 0. The van der Waals surface area contributed by atoms with E-state index in [2.05, 4.69) is 0 Å². The molecule has 0 spiro atoms. The molecule has 0 N–H and O–H groups in total. The van der Waals surface area contributed by atoms with Gasteiger partial charge in [0, 0.05) is 0 Å². The van der Waals surface area contributed by atoms with Crippen LogP contribution in [0.2, 0.25) is 0 Å². The van der Waals surface area contributed by atoms with Gasteiger partial charge in [-0.25, -0.2) is 0 Å². The van der Waals surface area contributed by atoms with Gasteiger partial charge in [-0.1, -0.05) is 0 Å². The van der Waals surface area contributed by atoms with Crippen molar-refractivity contribution in [2.75, 3.05) is 20.1 Å². The predicted octanol–water partition coefficient (Wildman–Crippen LogP) is -0.0556. The highest BCUT2D eigenvalue weighted by molar-refractivity contribution is 4.48. The van der Waals surface area contributed by atoms with Crippen LogP contribution in [-0.2, 0) is 0 Å². The van der Waals surface area contributed by atoms with Crippen LogP contribution in [0, 0.1) is 5.21 Å². The standard InChI is InChI=1S/C3H7NO/c1-4(5)2-3-4/h2-3H2,1H3. The Labute approximate surface area is 31.2 Å². The molecule has 5 heavy (non-hydrogen) atoms. The second kappa shape index (κ2) is 0.533. The normalized spacial score (nSPS) is 30.0. The lowest BCUT2D eigenvalue weighted by Crippen LogP contribution is -2.06. The van der Waals surface area contributed by atoms with Crippen LogP contribution in [0.3, 0.4) is 0 Å². The Hall–Kier alpha value is -0.0800. The summed E-state index contributed by atoms with van der Waals surface area (Å²) in [6.07, 6.45) is 0. The van der Waals surface area contributed by atoms with E-state index in [0.717, 1.165) is 13.1 Å². The van der Waals surface area contributed by atoms with Crippen molar-refractivity contribution in [3.8, 4) is 0 Å². The van der Waals surface area contributed by atoms with Gasteiger partial charge in [0.05, 0.1) is 7.05 Å². The van der Waals surface area contributed by atoms with Crippen LogP contribution >= 0.6 is 0 Å². The van der Waals surface area contributed by atoms with Crippen molar-refractivity contribution in [1.29, 1.82) is 0 Å². The van der Waals surface area contributed by atoms with Crippen molar-refractivity contribution in [1.82, 2.24) is 0 Å². The van der Waals surface area contributed by atoms with Crippen LogP contribution in [-0.4, -0.2) is 24.8 Å². The van der Waals surface area contributed by atoms with E-state index in [0.29, 0.717) is 0 Å². The third-order valence-corrected chi connectivity index (χ3v) is 0.853. The smallest absolute Gasteiger partial charge is 0.128 e. The third kappa shape index (κ3) is 0.597. The highest BCUT2D eigenvalue weighted by Crippen LogP contribution is 2.11. The van der Waals surface area contributed by atoms with Crippen LogP contribution in [0.1, 0.15) is 0 Å². The Morgan fingerprint density at radius 3 is 1.80 bits per heavy atom. The molecule has 0 radical (unpaired) electrons. The first-order chi connectivity index (χ1) is 2.21. The Morgan fingerprint density at radius 1 is 1.60 bits per heavy atom. The molecule has 0 saturated carbocycles. The largest absolute Gasteiger partial charge is 0.633 e. The number of quaternary nitrogens is 1. The van der Waals surface area contributed by atoms with Gasteiger partial charge in [-0.3, -0.25) is 0 Å². The van der Waals surface area contributed by atoms with Gasteiger partial charge in [0.15, 0.2) is 0 Å². The van der Waals surface area contributed by atoms with Gasteiger partial charge in [-0.2, -0.15) is 0 Å². The lowest BCUT2D eigenvalue weighted by atomic mass is 11.0. The van der Waals surface area contributed by atoms with Crippen LogP contribution < -0.4 is 0 Å². The molecule has 0 bridgehead atoms. The zero-order valence-electron chi connectivity index (χ0n) is 3.27. The van der Waals surface area contributed by atoms with E-state index >= 15 is 0 Å². The van der Waals surface area contributed by atoms with E-state index in [1.807, 2.05) is 0 Å². The summed E-state index contributed by atoms with van der Waals surface area (Å²) in [4.78, 5) is 0. The second-order valence-electron chi connectivity index (χ2n) is 1.74. The molecule has 0 amide bonds. The maximum absolute atomic E-state index is 10.2. The number of hydrogen-bond acceptors (Lipinski definition) is 1.